The lowest BCUT2D eigenvalue weighted by Crippen LogP contribution is -2.39. The second-order valence-electron chi connectivity index (χ2n) is 9.15. The Morgan fingerprint density at radius 1 is 1.11 bits per heavy atom. The molecule has 0 unspecified atom stereocenters. The van der Waals surface area contributed by atoms with Gasteiger partial charge >= 0.3 is 0 Å². The summed E-state index contributed by atoms with van der Waals surface area (Å²) in [6, 6.07) is 10.4. The zero-order valence-electron chi connectivity index (χ0n) is 21.3. The van der Waals surface area contributed by atoms with Crippen molar-refractivity contribution in [2.75, 3.05) is 82.6 Å². The molecule has 0 N–H and O–H groups in total. The highest BCUT2D eigenvalue weighted by molar-refractivity contribution is 7.22. The minimum Gasteiger partial charge on any atom is -0.497 e. The molecule has 5 rings (SSSR count). The van der Waals surface area contributed by atoms with Crippen molar-refractivity contribution in [3.63, 3.8) is 0 Å². The molecule has 2 fully saturated rings. The standard InChI is InChI=1S/C26H31N5O6S/c1-35-20-4-6-24-21(18-20)27-26(38-24)30(8-2-7-28-9-13-36-14-10-28)25(32)19-3-5-22(23(17-19)31(33)34)29-11-15-37-16-12-29/h3-6,17-18H,2,7-16H2,1H3. The lowest BCUT2D eigenvalue weighted by molar-refractivity contribution is -0.384. The Labute approximate surface area is 224 Å². The summed E-state index contributed by atoms with van der Waals surface area (Å²) in [6.07, 6.45) is 0.735. The summed E-state index contributed by atoms with van der Waals surface area (Å²) in [5.74, 6) is 0.378. The van der Waals surface area contributed by atoms with Gasteiger partial charge in [-0.1, -0.05) is 11.3 Å². The van der Waals surface area contributed by atoms with E-state index in [0.29, 0.717) is 62.6 Å². The largest absolute Gasteiger partial charge is 0.497 e. The number of carbonyl (C=O) groups excluding carboxylic acids is 1. The molecule has 1 amide bonds. The molecule has 12 heteroatoms. The summed E-state index contributed by atoms with van der Waals surface area (Å²) in [6.45, 7) is 6.56. The highest BCUT2D eigenvalue weighted by Gasteiger charge is 2.27. The molecule has 3 heterocycles. The van der Waals surface area contributed by atoms with Gasteiger partial charge in [0.25, 0.3) is 11.6 Å². The van der Waals surface area contributed by atoms with Crippen molar-refractivity contribution in [2.45, 2.75) is 6.42 Å². The smallest absolute Gasteiger partial charge is 0.293 e. The van der Waals surface area contributed by atoms with Crippen molar-refractivity contribution >= 4 is 44.0 Å². The van der Waals surface area contributed by atoms with Crippen LogP contribution in [0.4, 0.5) is 16.5 Å². The van der Waals surface area contributed by atoms with Crippen LogP contribution >= 0.6 is 11.3 Å². The van der Waals surface area contributed by atoms with Gasteiger partial charge in [-0.15, -0.1) is 0 Å². The van der Waals surface area contributed by atoms with Crippen LogP contribution in [0.25, 0.3) is 10.2 Å². The first-order valence-electron chi connectivity index (χ1n) is 12.7. The monoisotopic (exact) mass is 541 g/mol. The maximum atomic E-state index is 13.9. The van der Waals surface area contributed by atoms with Gasteiger partial charge in [-0.3, -0.25) is 24.7 Å². The minimum absolute atomic E-state index is 0.0833. The predicted molar refractivity (Wildman–Crippen MR) is 146 cm³/mol. The zero-order valence-corrected chi connectivity index (χ0v) is 22.2. The molecule has 0 spiro atoms. The van der Waals surface area contributed by atoms with Crippen LogP contribution in [-0.4, -0.2) is 93.5 Å². The highest BCUT2D eigenvalue weighted by atomic mass is 32.1. The van der Waals surface area contributed by atoms with Gasteiger partial charge in [-0.2, -0.15) is 0 Å². The molecule has 0 radical (unpaired) electrons. The molecule has 202 valence electrons. The summed E-state index contributed by atoms with van der Waals surface area (Å²) in [5.41, 5.74) is 1.42. The molecule has 0 saturated carbocycles. The number of aromatic nitrogens is 1. The molecule has 0 atom stereocenters. The van der Waals surface area contributed by atoms with E-state index in [9.17, 15) is 14.9 Å². The number of benzene rings is 2. The van der Waals surface area contributed by atoms with Crippen LogP contribution in [0.2, 0.25) is 0 Å². The van der Waals surface area contributed by atoms with Gasteiger partial charge in [-0.25, -0.2) is 4.98 Å². The molecule has 11 nitrogen and oxygen atoms in total. The minimum atomic E-state index is -0.422. The molecule has 2 aliphatic heterocycles. The first-order valence-corrected chi connectivity index (χ1v) is 13.5. The number of ether oxygens (including phenoxy) is 3. The quantitative estimate of drug-likeness (QED) is 0.297. The molecule has 2 aromatic carbocycles. The molecular weight excluding hydrogens is 510 g/mol. The molecule has 3 aromatic rings. The van der Waals surface area contributed by atoms with Crippen LogP contribution in [0, 0.1) is 10.1 Å². The molecule has 1 aromatic heterocycles. The van der Waals surface area contributed by atoms with E-state index in [4.69, 9.17) is 19.2 Å². The summed E-state index contributed by atoms with van der Waals surface area (Å²) >= 11 is 1.42. The zero-order chi connectivity index (χ0) is 26.5. The van der Waals surface area contributed by atoms with Crippen molar-refractivity contribution < 1.29 is 23.9 Å². The Bertz CT molecular complexity index is 1290. The average molecular weight is 542 g/mol. The molecule has 38 heavy (non-hydrogen) atoms. The number of carbonyl (C=O) groups is 1. The number of hydrogen-bond donors (Lipinski definition) is 0. The van der Waals surface area contributed by atoms with Gasteiger partial charge in [0, 0.05) is 57.0 Å². The summed E-state index contributed by atoms with van der Waals surface area (Å²) in [5, 5.41) is 12.5. The van der Waals surface area contributed by atoms with E-state index in [1.165, 1.54) is 17.4 Å². The van der Waals surface area contributed by atoms with Crippen LogP contribution in [0.1, 0.15) is 16.8 Å². The average Bonchev–Trinajstić information content (AvgIpc) is 3.38. The Morgan fingerprint density at radius 2 is 1.84 bits per heavy atom. The Hall–Kier alpha value is -3.32. The third kappa shape index (κ3) is 5.88. The number of fused-ring (bicyclic) bond motifs is 1. The number of morpholine rings is 2. The van der Waals surface area contributed by atoms with Crippen molar-refractivity contribution in [2.24, 2.45) is 0 Å². The van der Waals surface area contributed by atoms with Crippen LogP contribution in [0.15, 0.2) is 36.4 Å². The normalized spacial score (nSPS) is 16.5. The second-order valence-corrected chi connectivity index (χ2v) is 10.2. The third-order valence-electron chi connectivity index (χ3n) is 6.79. The second kappa shape index (κ2) is 12.0. The van der Waals surface area contributed by atoms with E-state index in [1.54, 1.807) is 24.1 Å². The lowest BCUT2D eigenvalue weighted by atomic mass is 10.1. The highest BCUT2D eigenvalue weighted by Crippen LogP contribution is 2.34. The van der Waals surface area contributed by atoms with Crippen LogP contribution in [0.5, 0.6) is 5.75 Å². The van der Waals surface area contributed by atoms with Crippen LogP contribution in [-0.2, 0) is 9.47 Å². The van der Waals surface area contributed by atoms with E-state index in [1.807, 2.05) is 23.1 Å². The lowest BCUT2D eigenvalue weighted by Gasteiger charge is -2.29. The fourth-order valence-corrected chi connectivity index (χ4v) is 5.70. The Balaban J connectivity index is 1.43. The van der Waals surface area contributed by atoms with Crippen molar-refractivity contribution in [3.05, 3.63) is 52.1 Å². The van der Waals surface area contributed by atoms with Gasteiger partial charge in [0.05, 0.1) is 48.7 Å². The number of thiazole rings is 1. The molecule has 2 saturated heterocycles. The SMILES string of the molecule is COc1ccc2sc(N(CCCN3CCOCC3)C(=O)c3ccc(N4CCOCC4)c([N+](=O)[O-])c3)nc2c1. The number of rotatable bonds is 9. The van der Waals surface area contributed by atoms with Gasteiger partial charge in [0.15, 0.2) is 5.13 Å². The maximum absolute atomic E-state index is 13.9. The van der Waals surface area contributed by atoms with E-state index < -0.39 is 4.92 Å². The number of nitrogens with zero attached hydrogens (tertiary/aromatic N) is 5. The Morgan fingerprint density at radius 3 is 2.55 bits per heavy atom. The van der Waals surface area contributed by atoms with Gasteiger partial charge in [0.1, 0.15) is 11.4 Å². The number of nitro benzene ring substituents is 1. The van der Waals surface area contributed by atoms with Crippen molar-refractivity contribution in [1.82, 2.24) is 9.88 Å². The molecular formula is C26H31N5O6S. The molecule has 2 aliphatic rings. The predicted octanol–water partition coefficient (Wildman–Crippen LogP) is 3.42. The van der Waals surface area contributed by atoms with E-state index >= 15 is 0 Å². The van der Waals surface area contributed by atoms with Gasteiger partial charge in [-0.05, 0) is 30.7 Å². The van der Waals surface area contributed by atoms with Crippen molar-refractivity contribution in [1.29, 1.82) is 0 Å². The van der Waals surface area contributed by atoms with Crippen LogP contribution in [0.3, 0.4) is 0 Å². The fourth-order valence-electron chi connectivity index (χ4n) is 4.73. The number of hydrogen-bond acceptors (Lipinski definition) is 10. The van der Waals surface area contributed by atoms with Crippen molar-refractivity contribution in [3.8, 4) is 5.75 Å². The molecule has 0 bridgehead atoms. The van der Waals surface area contributed by atoms with Gasteiger partial charge in [0.2, 0.25) is 0 Å². The number of anilines is 2. The van der Waals surface area contributed by atoms with Crippen LogP contribution < -0.4 is 14.5 Å². The summed E-state index contributed by atoms with van der Waals surface area (Å²) in [7, 11) is 1.60. The first kappa shape index (κ1) is 26.3. The van der Waals surface area contributed by atoms with Gasteiger partial charge < -0.3 is 19.1 Å². The third-order valence-corrected chi connectivity index (χ3v) is 7.85. The number of amides is 1. The number of nitro groups is 1. The summed E-state index contributed by atoms with van der Waals surface area (Å²) < 4.78 is 17.1. The number of methoxy groups -OCH3 is 1. The Kier molecular flexibility index (Phi) is 8.32. The maximum Gasteiger partial charge on any atom is 0.293 e. The summed E-state index contributed by atoms with van der Waals surface area (Å²) in [4.78, 5) is 36.1. The fraction of sp³-hybridized carbons (Fsp3) is 0.462. The topological polar surface area (TPSA) is 111 Å². The van der Waals surface area contributed by atoms with E-state index in [2.05, 4.69) is 4.90 Å². The van der Waals surface area contributed by atoms with E-state index in [-0.39, 0.29) is 17.2 Å². The molecule has 0 aliphatic carbocycles. The van der Waals surface area contributed by atoms with E-state index in [0.717, 1.165) is 36.3 Å². The first-order chi connectivity index (χ1) is 18.5.